The van der Waals surface area contributed by atoms with Crippen LogP contribution in [0.3, 0.4) is 0 Å². The highest BCUT2D eigenvalue weighted by Gasteiger charge is 2.22. The number of esters is 2. The van der Waals surface area contributed by atoms with Gasteiger partial charge in [-0.15, -0.1) is 0 Å². The Kier molecular flexibility index (Phi) is 12.7. The number of rotatable bonds is 15. The zero-order valence-electron chi connectivity index (χ0n) is 23.2. The van der Waals surface area contributed by atoms with Crippen LogP contribution < -0.4 is 16.4 Å². The van der Waals surface area contributed by atoms with Gasteiger partial charge < -0.3 is 30.7 Å². The van der Waals surface area contributed by atoms with E-state index in [1.165, 1.54) is 14.2 Å². The lowest BCUT2D eigenvalue weighted by atomic mass is 10.0. The van der Waals surface area contributed by atoms with E-state index in [2.05, 4.69) is 9.47 Å². The number of carbonyl (C=O) groups is 4. The Morgan fingerprint density at radius 3 is 1.65 bits per heavy atom. The third-order valence-electron chi connectivity index (χ3n) is 5.82. The van der Waals surface area contributed by atoms with E-state index in [1.807, 2.05) is 52.0 Å². The van der Waals surface area contributed by atoms with Gasteiger partial charge in [0.1, 0.15) is 0 Å². The second-order valence-electron chi connectivity index (χ2n) is 10.7. The molecular weight excluding hydrogens is 476 g/mol. The van der Waals surface area contributed by atoms with Crippen molar-refractivity contribution < 1.29 is 28.7 Å². The fourth-order valence-corrected chi connectivity index (χ4v) is 3.43. The zero-order valence-corrected chi connectivity index (χ0v) is 23.2. The van der Waals surface area contributed by atoms with E-state index in [4.69, 9.17) is 11.5 Å². The lowest BCUT2D eigenvalue weighted by Gasteiger charge is -2.28. The fourth-order valence-electron chi connectivity index (χ4n) is 3.43. The maximum atomic E-state index is 12.9. The second kappa shape index (κ2) is 14.7. The molecule has 0 atom stereocenters. The van der Waals surface area contributed by atoms with Crippen LogP contribution in [0.2, 0.25) is 0 Å². The molecule has 0 saturated carbocycles. The molecule has 0 saturated heterocycles. The van der Waals surface area contributed by atoms with Crippen molar-refractivity contribution in [2.45, 2.75) is 83.8 Å². The topological polar surface area (TPSA) is 145 Å². The van der Waals surface area contributed by atoms with E-state index in [0.717, 1.165) is 5.56 Å². The van der Waals surface area contributed by atoms with Crippen LogP contribution in [0.15, 0.2) is 24.3 Å². The summed E-state index contributed by atoms with van der Waals surface area (Å²) in [5.74, 6) is -1.24. The van der Waals surface area contributed by atoms with Crippen molar-refractivity contribution in [1.82, 2.24) is 4.90 Å². The van der Waals surface area contributed by atoms with Crippen LogP contribution in [-0.4, -0.2) is 67.0 Å². The molecule has 0 radical (unpaired) electrons. The van der Waals surface area contributed by atoms with E-state index in [1.54, 1.807) is 9.80 Å². The zero-order chi connectivity index (χ0) is 28.2. The molecule has 37 heavy (non-hydrogen) atoms. The molecule has 0 aromatic heterocycles. The summed E-state index contributed by atoms with van der Waals surface area (Å²) in [6.07, 6.45) is 1.24. The van der Waals surface area contributed by atoms with Gasteiger partial charge >= 0.3 is 11.9 Å². The van der Waals surface area contributed by atoms with Crippen LogP contribution in [0, 0.1) is 0 Å². The number of amides is 2. The molecule has 0 bridgehead atoms. The first kappa shape index (κ1) is 32.0. The summed E-state index contributed by atoms with van der Waals surface area (Å²) in [5.41, 5.74) is 12.9. The monoisotopic (exact) mass is 520 g/mol. The van der Waals surface area contributed by atoms with Crippen molar-refractivity contribution in [2.75, 3.05) is 32.2 Å². The van der Waals surface area contributed by atoms with Gasteiger partial charge in [-0.1, -0.05) is 12.1 Å². The number of carbonyl (C=O) groups excluding carboxylic acids is 4. The molecule has 0 aliphatic heterocycles. The molecule has 0 spiro atoms. The van der Waals surface area contributed by atoms with E-state index >= 15 is 0 Å². The Balaban J connectivity index is 3.05. The number of anilines is 1. The first-order valence-corrected chi connectivity index (χ1v) is 12.5. The van der Waals surface area contributed by atoms with Crippen LogP contribution in [0.1, 0.15) is 71.8 Å². The molecule has 1 aromatic rings. The molecule has 208 valence electrons. The van der Waals surface area contributed by atoms with Crippen molar-refractivity contribution in [2.24, 2.45) is 11.5 Å². The van der Waals surface area contributed by atoms with Gasteiger partial charge in [-0.05, 0) is 58.2 Å². The maximum Gasteiger partial charge on any atom is 0.306 e. The molecule has 0 unspecified atom stereocenters. The number of hydrogen-bond donors (Lipinski definition) is 2. The smallest absolute Gasteiger partial charge is 0.306 e. The first-order chi connectivity index (χ1) is 17.1. The highest BCUT2D eigenvalue weighted by Crippen LogP contribution is 2.21. The molecule has 1 aromatic carbocycles. The van der Waals surface area contributed by atoms with Gasteiger partial charge in [-0.25, -0.2) is 0 Å². The van der Waals surface area contributed by atoms with Crippen LogP contribution in [-0.2, 0) is 35.2 Å². The van der Waals surface area contributed by atoms with Crippen LogP contribution in [0.25, 0.3) is 0 Å². The Morgan fingerprint density at radius 2 is 1.19 bits per heavy atom. The lowest BCUT2D eigenvalue weighted by molar-refractivity contribution is -0.143. The highest BCUT2D eigenvalue weighted by atomic mass is 16.5. The molecule has 10 heteroatoms. The Labute approximate surface area is 220 Å². The molecule has 2 amide bonds. The summed E-state index contributed by atoms with van der Waals surface area (Å²) >= 11 is 0. The summed E-state index contributed by atoms with van der Waals surface area (Å²) in [7, 11) is 2.58. The van der Waals surface area contributed by atoms with Gasteiger partial charge in [0.25, 0.3) is 0 Å². The van der Waals surface area contributed by atoms with Crippen molar-refractivity contribution in [3.8, 4) is 0 Å². The Morgan fingerprint density at radius 1 is 0.730 bits per heavy atom. The van der Waals surface area contributed by atoms with Crippen LogP contribution in [0.5, 0.6) is 0 Å². The lowest BCUT2D eigenvalue weighted by Crippen LogP contribution is -2.40. The number of ether oxygens (including phenoxy) is 2. The van der Waals surface area contributed by atoms with Crippen molar-refractivity contribution in [3.63, 3.8) is 0 Å². The molecule has 4 N–H and O–H groups in total. The highest BCUT2D eigenvalue weighted by molar-refractivity contribution is 5.95. The average Bonchev–Trinajstić information content (AvgIpc) is 2.82. The van der Waals surface area contributed by atoms with Crippen LogP contribution >= 0.6 is 0 Å². The van der Waals surface area contributed by atoms with Crippen LogP contribution in [0.4, 0.5) is 5.69 Å². The van der Waals surface area contributed by atoms with E-state index in [9.17, 15) is 19.2 Å². The second-order valence-corrected chi connectivity index (χ2v) is 10.7. The van der Waals surface area contributed by atoms with Gasteiger partial charge in [0.15, 0.2) is 0 Å². The predicted octanol–water partition coefficient (Wildman–Crippen LogP) is 2.51. The number of hydrogen-bond acceptors (Lipinski definition) is 8. The van der Waals surface area contributed by atoms with E-state index < -0.39 is 23.0 Å². The quantitative estimate of drug-likeness (QED) is 0.336. The third-order valence-corrected chi connectivity index (χ3v) is 5.82. The molecular formula is C27H44N4O6. The Bertz CT molecular complexity index is 903. The third kappa shape index (κ3) is 13.2. The minimum Gasteiger partial charge on any atom is -0.469 e. The summed E-state index contributed by atoms with van der Waals surface area (Å²) in [6.45, 7) is 8.74. The summed E-state index contributed by atoms with van der Waals surface area (Å²) in [4.78, 5) is 52.1. The molecule has 1 rings (SSSR count). The van der Waals surface area contributed by atoms with Crippen molar-refractivity contribution in [3.05, 3.63) is 29.8 Å². The number of nitrogens with two attached hydrogens (primary N) is 2. The molecule has 10 nitrogen and oxygen atoms in total. The number of nitrogens with zero attached hydrogens (tertiary/aromatic N) is 2. The standard InChI is InChI=1S/C27H44N4O6/c1-26(2,28)15-17-30(22(32)11-13-24(34)36-5)19-20-7-9-21(10-8-20)31(18-16-27(3,4)29)23(33)12-14-25(35)37-6/h7-10H,11-19,28-29H2,1-6H3. The molecule has 0 aliphatic carbocycles. The van der Waals surface area contributed by atoms with Gasteiger partial charge in [0, 0.05) is 49.2 Å². The number of methoxy groups -OCH3 is 2. The normalized spacial score (nSPS) is 11.6. The summed E-state index contributed by atoms with van der Waals surface area (Å²) < 4.78 is 9.30. The molecule has 0 fully saturated rings. The van der Waals surface area contributed by atoms with Crippen molar-refractivity contribution >= 4 is 29.4 Å². The molecule has 0 heterocycles. The van der Waals surface area contributed by atoms with Gasteiger partial charge in [0.2, 0.25) is 11.8 Å². The van der Waals surface area contributed by atoms with E-state index in [-0.39, 0.29) is 37.5 Å². The van der Waals surface area contributed by atoms with E-state index in [0.29, 0.717) is 38.2 Å². The number of benzene rings is 1. The minimum atomic E-state index is -0.470. The largest absolute Gasteiger partial charge is 0.469 e. The van der Waals surface area contributed by atoms with Gasteiger partial charge in [-0.2, -0.15) is 0 Å². The average molecular weight is 521 g/mol. The van der Waals surface area contributed by atoms with Gasteiger partial charge in [0.05, 0.1) is 27.1 Å². The SMILES string of the molecule is COC(=O)CCC(=O)N(CCC(C)(C)N)Cc1ccc(N(CCC(C)(C)N)C(=O)CCC(=O)OC)cc1. The Hall–Kier alpha value is -2.98. The first-order valence-electron chi connectivity index (χ1n) is 12.5. The maximum absolute atomic E-state index is 12.9. The van der Waals surface area contributed by atoms with Gasteiger partial charge in [-0.3, -0.25) is 19.2 Å². The van der Waals surface area contributed by atoms with Crippen molar-refractivity contribution in [1.29, 1.82) is 0 Å². The fraction of sp³-hybridized carbons (Fsp3) is 0.630. The summed E-state index contributed by atoms with van der Waals surface area (Å²) in [6, 6.07) is 7.35. The minimum absolute atomic E-state index is 0.00390. The summed E-state index contributed by atoms with van der Waals surface area (Å²) in [5, 5.41) is 0. The molecule has 0 aliphatic rings. The predicted molar refractivity (Wildman–Crippen MR) is 142 cm³/mol.